The van der Waals surface area contributed by atoms with Crippen molar-refractivity contribution >= 4 is 0 Å². The summed E-state index contributed by atoms with van der Waals surface area (Å²) in [6.07, 6.45) is 6.40. The lowest BCUT2D eigenvalue weighted by atomic mass is 9.79. The fraction of sp³-hybridized carbons (Fsp3) is 1.00. The Morgan fingerprint density at radius 3 is 2.87 bits per heavy atom. The zero-order valence-electron chi connectivity index (χ0n) is 10.2. The molecule has 0 aromatic heterocycles. The quantitative estimate of drug-likeness (QED) is 0.404. The normalized spacial score (nSPS) is 29.0. The molecule has 3 atom stereocenters. The summed E-state index contributed by atoms with van der Waals surface area (Å²) in [7, 11) is 0. The van der Waals surface area contributed by atoms with E-state index in [2.05, 4.69) is 19.3 Å². The number of ether oxygens (including phenoxy) is 1. The number of rotatable bonds is 6. The first-order chi connectivity index (χ1) is 7.27. The van der Waals surface area contributed by atoms with Crippen molar-refractivity contribution in [3.05, 3.63) is 0 Å². The van der Waals surface area contributed by atoms with Crippen LogP contribution in [0, 0.1) is 11.8 Å². The second kappa shape index (κ2) is 7.20. The molecule has 0 radical (unpaired) electrons. The van der Waals surface area contributed by atoms with E-state index in [1.807, 2.05) is 0 Å². The van der Waals surface area contributed by atoms with Gasteiger partial charge in [0.15, 0.2) is 0 Å². The summed E-state index contributed by atoms with van der Waals surface area (Å²) >= 11 is 0. The van der Waals surface area contributed by atoms with E-state index in [9.17, 15) is 0 Å². The molecule has 1 aliphatic rings. The number of hydrogen-bond acceptors (Lipinski definition) is 3. The predicted molar refractivity (Wildman–Crippen MR) is 63.3 cm³/mol. The number of hydrazine groups is 1. The van der Waals surface area contributed by atoms with Crippen LogP contribution in [0.15, 0.2) is 0 Å². The fourth-order valence-corrected chi connectivity index (χ4v) is 2.52. The highest BCUT2D eigenvalue weighted by Gasteiger charge is 2.25. The van der Waals surface area contributed by atoms with Gasteiger partial charge in [-0.15, -0.1) is 0 Å². The molecule has 1 fully saturated rings. The van der Waals surface area contributed by atoms with Crippen LogP contribution in [0.4, 0.5) is 0 Å². The minimum Gasteiger partial charge on any atom is -0.380 e. The molecule has 3 nitrogen and oxygen atoms in total. The summed E-state index contributed by atoms with van der Waals surface area (Å²) in [6.45, 7) is 6.09. The molecule has 0 aromatic rings. The van der Waals surface area contributed by atoms with Gasteiger partial charge >= 0.3 is 0 Å². The molecule has 1 rings (SSSR count). The van der Waals surface area contributed by atoms with Crippen molar-refractivity contribution in [2.24, 2.45) is 17.7 Å². The third-order valence-electron chi connectivity index (χ3n) is 3.41. The summed E-state index contributed by atoms with van der Waals surface area (Å²) in [5.41, 5.74) is 2.93. The first-order valence-corrected chi connectivity index (χ1v) is 6.31. The van der Waals surface area contributed by atoms with E-state index >= 15 is 0 Å². The Kier molecular flexibility index (Phi) is 6.22. The summed E-state index contributed by atoms with van der Waals surface area (Å²) in [6, 6.07) is 0.347. The summed E-state index contributed by atoms with van der Waals surface area (Å²) in [5.74, 6) is 7.16. The molecular weight excluding hydrogens is 188 g/mol. The highest BCUT2D eigenvalue weighted by Crippen LogP contribution is 2.30. The Morgan fingerprint density at radius 1 is 1.47 bits per heavy atom. The number of nitrogens with two attached hydrogens (primary N) is 1. The standard InChI is InChI=1S/C12H26N2O/c1-3-7-15-9-12(14-13)11-6-4-5-10(2)8-11/h10-12,14H,3-9,13H2,1-2H3. The summed E-state index contributed by atoms with van der Waals surface area (Å²) in [4.78, 5) is 0. The largest absolute Gasteiger partial charge is 0.380 e. The third-order valence-corrected chi connectivity index (χ3v) is 3.41. The third kappa shape index (κ3) is 4.49. The van der Waals surface area contributed by atoms with Crippen LogP contribution < -0.4 is 11.3 Å². The fourth-order valence-electron chi connectivity index (χ4n) is 2.52. The minimum atomic E-state index is 0.347. The molecule has 0 spiro atoms. The van der Waals surface area contributed by atoms with Gasteiger partial charge in [-0.05, 0) is 31.1 Å². The molecule has 0 bridgehead atoms. The second-order valence-electron chi connectivity index (χ2n) is 4.88. The molecule has 0 amide bonds. The van der Waals surface area contributed by atoms with Crippen molar-refractivity contribution in [2.75, 3.05) is 13.2 Å². The van der Waals surface area contributed by atoms with Crippen molar-refractivity contribution in [1.82, 2.24) is 5.43 Å². The molecule has 1 saturated carbocycles. The van der Waals surface area contributed by atoms with Gasteiger partial charge in [0.05, 0.1) is 6.61 Å². The van der Waals surface area contributed by atoms with Gasteiger partial charge in [0, 0.05) is 12.6 Å². The molecule has 0 saturated heterocycles. The Bertz CT molecular complexity index is 164. The van der Waals surface area contributed by atoms with Crippen LogP contribution in [0.3, 0.4) is 0 Å². The Morgan fingerprint density at radius 2 is 2.27 bits per heavy atom. The van der Waals surface area contributed by atoms with Crippen LogP contribution in [-0.2, 0) is 4.74 Å². The lowest BCUT2D eigenvalue weighted by molar-refractivity contribution is 0.0791. The first-order valence-electron chi connectivity index (χ1n) is 6.31. The molecule has 0 heterocycles. The van der Waals surface area contributed by atoms with E-state index in [4.69, 9.17) is 10.6 Å². The lowest BCUT2D eigenvalue weighted by Crippen LogP contribution is -2.45. The zero-order chi connectivity index (χ0) is 11.1. The van der Waals surface area contributed by atoms with Crippen LogP contribution >= 0.6 is 0 Å². The molecule has 0 aliphatic heterocycles. The molecule has 1 aliphatic carbocycles. The monoisotopic (exact) mass is 214 g/mol. The highest BCUT2D eigenvalue weighted by molar-refractivity contribution is 4.80. The number of hydrogen-bond donors (Lipinski definition) is 2. The molecule has 3 unspecified atom stereocenters. The Labute approximate surface area is 93.7 Å². The van der Waals surface area contributed by atoms with Crippen molar-refractivity contribution in [3.8, 4) is 0 Å². The maximum Gasteiger partial charge on any atom is 0.0635 e. The van der Waals surface area contributed by atoms with E-state index in [0.29, 0.717) is 12.0 Å². The van der Waals surface area contributed by atoms with E-state index in [0.717, 1.165) is 25.6 Å². The second-order valence-corrected chi connectivity index (χ2v) is 4.88. The SMILES string of the molecule is CCCOCC(NN)C1CCCC(C)C1. The Hall–Kier alpha value is -0.120. The van der Waals surface area contributed by atoms with Gasteiger partial charge in [-0.3, -0.25) is 11.3 Å². The average Bonchev–Trinajstić information content (AvgIpc) is 2.24. The van der Waals surface area contributed by atoms with E-state index < -0.39 is 0 Å². The molecule has 3 heteroatoms. The molecule has 0 aromatic carbocycles. The molecular formula is C12H26N2O. The van der Waals surface area contributed by atoms with Gasteiger partial charge < -0.3 is 4.74 Å². The van der Waals surface area contributed by atoms with Gasteiger partial charge in [0.2, 0.25) is 0 Å². The van der Waals surface area contributed by atoms with Gasteiger partial charge in [0.1, 0.15) is 0 Å². The predicted octanol–water partition coefficient (Wildman–Crippen LogP) is 2.07. The average molecular weight is 214 g/mol. The van der Waals surface area contributed by atoms with Crippen LogP contribution in [0.5, 0.6) is 0 Å². The van der Waals surface area contributed by atoms with Gasteiger partial charge in [-0.1, -0.05) is 26.7 Å². The maximum atomic E-state index is 5.60. The van der Waals surface area contributed by atoms with Crippen molar-refractivity contribution < 1.29 is 4.74 Å². The van der Waals surface area contributed by atoms with Crippen molar-refractivity contribution in [3.63, 3.8) is 0 Å². The van der Waals surface area contributed by atoms with Crippen molar-refractivity contribution in [1.29, 1.82) is 0 Å². The van der Waals surface area contributed by atoms with Crippen LogP contribution in [0.25, 0.3) is 0 Å². The van der Waals surface area contributed by atoms with Crippen LogP contribution in [0.1, 0.15) is 46.0 Å². The molecule has 90 valence electrons. The Balaban J connectivity index is 2.29. The van der Waals surface area contributed by atoms with Crippen LogP contribution in [0.2, 0.25) is 0 Å². The molecule has 3 N–H and O–H groups in total. The topological polar surface area (TPSA) is 47.3 Å². The van der Waals surface area contributed by atoms with Gasteiger partial charge in [-0.2, -0.15) is 0 Å². The molecule has 15 heavy (non-hydrogen) atoms. The van der Waals surface area contributed by atoms with E-state index in [1.165, 1.54) is 25.7 Å². The van der Waals surface area contributed by atoms with E-state index in [-0.39, 0.29) is 0 Å². The van der Waals surface area contributed by atoms with Crippen molar-refractivity contribution in [2.45, 2.75) is 52.0 Å². The maximum absolute atomic E-state index is 5.60. The van der Waals surface area contributed by atoms with Gasteiger partial charge in [-0.25, -0.2) is 0 Å². The van der Waals surface area contributed by atoms with Gasteiger partial charge in [0.25, 0.3) is 0 Å². The van der Waals surface area contributed by atoms with Crippen LogP contribution in [-0.4, -0.2) is 19.3 Å². The number of nitrogens with one attached hydrogen (secondary N) is 1. The summed E-state index contributed by atoms with van der Waals surface area (Å²) in [5, 5.41) is 0. The highest BCUT2D eigenvalue weighted by atomic mass is 16.5. The smallest absolute Gasteiger partial charge is 0.0635 e. The zero-order valence-corrected chi connectivity index (χ0v) is 10.2. The first kappa shape index (κ1) is 12.9. The summed E-state index contributed by atoms with van der Waals surface area (Å²) < 4.78 is 5.58. The lowest BCUT2D eigenvalue weighted by Gasteiger charge is -2.32. The minimum absolute atomic E-state index is 0.347. The van der Waals surface area contributed by atoms with E-state index in [1.54, 1.807) is 0 Å².